The van der Waals surface area contributed by atoms with Gasteiger partial charge in [0.15, 0.2) is 0 Å². The quantitative estimate of drug-likeness (QED) is 0.691. The largest absolute Gasteiger partial charge is 0.258 e. The zero-order valence-corrected chi connectivity index (χ0v) is 12.2. The van der Waals surface area contributed by atoms with Crippen LogP contribution in [0.5, 0.6) is 0 Å². The summed E-state index contributed by atoms with van der Waals surface area (Å²) in [6, 6.07) is 6.30. The average Bonchev–Trinajstić information content (AvgIpc) is 2.25. The van der Waals surface area contributed by atoms with Gasteiger partial charge in [-0.3, -0.25) is 9.97 Å². The molecule has 0 saturated heterocycles. The second kappa shape index (κ2) is 4.04. The Labute approximate surface area is 109 Å². The van der Waals surface area contributed by atoms with Crippen molar-refractivity contribution in [3.63, 3.8) is 0 Å². The van der Waals surface area contributed by atoms with Crippen molar-refractivity contribution in [3.8, 4) is 0 Å². The summed E-state index contributed by atoms with van der Waals surface area (Å²) in [5.41, 5.74) is 3.32. The van der Waals surface area contributed by atoms with Crippen molar-refractivity contribution in [2.45, 2.75) is 52.4 Å². The molecule has 2 aromatic heterocycles. The summed E-state index contributed by atoms with van der Waals surface area (Å²) in [6.07, 6.45) is 1.88. The monoisotopic (exact) mass is 242 g/mol. The summed E-state index contributed by atoms with van der Waals surface area (Å²) >= 11 is 0. The molecule has 0 atom stereocenters. The van der Waals surface area contributed by atoms with Gasteiger partial charge in [-0.25, -0.2) is 0 Å². The molecule has 0 saturated carbocycles. The minimum absolute atomic E-state index is 0.0169. The van der Waals surface area contributed by atoms with E-state index < -0.39 is 0 Å². The normalized spacial score (nSPS) is 13.0. The van der Waals surface area contributed by atoms with Crippen LogP contribution in [0.25, 0.3) is 10.9 Å². The van der Waals surface area contributed by atoms with E-state index in [2.05, 4.69) is 58.7 Å². The minimum atomic E-state index is 0.0169. The average molecular weight is 242 g/mol. The van der Waals surface area contributed by atoms with E-state index in [1.165, 1.54) is 5.39 Å². The lowest BCUT2D eigenvalue weighted by molar-refractivity contribution is 0.562. The number of nitrogens with zero attached hydrogens (tertiary/aromatic N) is 2. The van der Waals surface area contributed by atoms with Crippen LogP contribution in [-0.2, 0) is 10.8 Å². The van der Waals surface area contributed by atoms with E-state index in [1.54, 1.807) is 0 Å². The summed E-state index contributed by atoms with van der Waals surface area (Å²) in [5, 5.41) is 1.17. The first kappa shape index (κ1) is 13.0. The molecule has 0 bridgehead atoms. The van der Waals surface area contributed by atoms with Crippen LogP contribution in [0, 0.1) is 0 Å². The standard InChI is InChI=1S/C16H22N2/c1-15(2,3)12-8-7-11-9-10-17-14(13(11)18-12)16(4,5)6/h7-10H,1-6H3. The lowest BCUT2D eigenvalue weighted by Crippen LogP contribution is -2.17. The van der Waals surface area contributed by atoms with Crippen molar-refractivity contribution in [3.05, 3.63) is 35.8 Å². The van der Waals surface area contributed by atoms with Gasteiger partial charge in [0.25, 0.3) is 0 Å². The minimum Gasteiger partial charge on any atom is -0.258 e. The van der Waals surface area contributed by atoms with Crippen LogP contribution in [0.1, 0.15) is 52.9 Å². The molecular formula is C16H22N2. The Balaban J connectivity index is 2.74. The second-order valence-electron chi connectivity index (χ2n) is 6.93. The van der Waals surface area contributed by atoms with Gasteiger partial charge in [-0.05, 0) is 12.1 Å². The number of fused-ring (bicyclic) bond motifs is 1. The first-order valence-corrected chi connectivity index (χ1v) is 6.46. The van der Waals surface area contributed by atoms with Crippen molar-refractivity contribution < 1.29 is 0 Å². The fourth-order valence-electron chi connectivity index (χ4n) is 2.01. The maximum absolute atomic E-state index is 4.85. The molecule has 96 valence electrons. The topological polar surface area (TPSA) is 25.8 Å². The zero-order valence-electron chi connectivity index (χ0n) is 12.2. The highest BCUT2D eigenvalue weighted by molar-refractivity contribution is 5.81. The molecule has 0 aliphatic rings. The van der Waals surface area contributed by atoms with Crippen molar-refractivity contribution >= 4 is 10.9 Å². The highest BCUT2D eigenvalue weighted by atomic mass is 14.8. The summed E-state index contributed by atoms with van der Waals surface area (Å²) in [7, 11) is 0. The molecule has 0 spiro atoms. The maximum atomic E-state index is 4.85. The Kier molecular flexibility index (Phi) is 2.92. The molecule has 2 heterocycles. The van der Waals surface area contributed by atoms with E-state index in [9.17, 15) is 0 Å². The third-order valence-corrected chi connectivity index (χ3v) is 3.09. The molecule has 0 radical (unpaired) electrons. The Morgan fingerprint density at radius 2 is 1.50 bits per heavy atom. The van der Waals surface area contributed by atoms with Crippen LogP contribution in [0.15, 0.2) is 24.4 Å². The van der Waals surface area contributed by atoms with Gasteiger partial charge in [0.05, 0.1) is 11.2 Å². The third-order valence-electron chi connectivity index (χ3n) is 3.09. The molecule has 0 N–H and O–H groups in total. The van der Waals surface area contributed by atoms with Gasteiger partial charge in [0.2, 0.25) is 0 Å². The molecule has 2 nitrogen and oxygen atoms in total. The zero-order chi connectivity index (χ0) is 13.6. The number of aromatic nitrogens is 2. The van der Waals surface area contributed by atoms with E-state index in [-0.39, 0.29) is 10.8 Å². The first-order chi connectivity index (χ1) is 8.19. The fraction of sp³-hybridized carbons (Fsp3) is 0.500. The van der Waals surface area contributed by atoms with Crippen molar-refractivity contribution in [2.24, 2.45) is 0 Å². The van der Waals surface area contributed by atoms with Crippen LogP contribution in [0.2, 0.25) is 0 Å². The summed E-state index contributed by atoms with van der Waals surface area (Å²) < 4.78 is 0. The molecule has 2 heteroatoms. The van der Waals surface area contributed by atoms with E-state index in [1.807, 2.05) is 12.3 Å². The van der Waals surface area contributed by atoms with Crippen LogP contribution in [0.4, 0.5) is 0 Å². The lowest BCUT2D eigenvalue weighted by Gasteiger charge is -2.22. The number of rotatable bonds is 0. The molecule has 0 aliphatic heterocycles. The number of hydrogen-bond donors (Lipinski definition) is 0. The summed E-state index contributed by atoms with van der Waals surface area (Å²) in [6.45, 7) is 13.1. The Bertz CT molecular complexity index is 572. The van der Waals surface area contributed by atoms with Crippen LogP contribution in [0.3, 0.4) is 0 Å². The van der Waals surface area contributed by atoms with Crippen molar-refractivity contribution in [2.75, 3.05) is 0 Å². The Morgan fingerprint density at radius 1 is 0.833 bits per heavy atom. The first-order valence-electron chi connectivity index (χ1n) is 6.46. The molecule has 0 aromatic carbocycles. The van der Waals surface area contributed by atoms with Gasteiger partial charge in [0.1, 0.15) is 0 Å². The SMILES string of the molecule is CC(C)(C)c1ccc2ccnc(C(C)(C)C)c2n1. The summed E-state index contributed by atoms with van der Waals surface area (Å²) in [5.74, 6) is 0. The van der Waals surface area contributed by atoms with Crippen molar-refractivity contribution in [1.82, 2.24) is 9.97 Å². The van der Waals surface area contributed by atoms with Crippen molar-refractivity contribution in [1.29, 1.82) is 0 Å². The highest BCUT2D eigenvalue weighted by Gasteiger charge is 2.21. The van der Waals surface area contributed by atoms with Gasteiger partial charge < -0.3 is 0 Å². The van der Waals surface area contributed by atoms with Gasteiger partial charge in [-0.15, -0.1) is 0 Å². The van der Waals surface area contributed by atoms with Gasteiger partial charge in [-0.1, -0.05) is 47.6 Å². The lowest BCUT2D eigenvalue weighted by atomic mass is 9.88. The molecule has 0 aliphatic carbocycles. The molecule has 2 aromatic rings. The third kappa shape index (κ3) is 2.38. The van der Waals surface area contributed by atoms with E-state index in [4.69, 9.17) is 4.98 Å². The number of hydrogen-bond acceptors (Lipinski definition) is 2. The predicted molar refractivity (Wildman–Crippen MR) is 76.9 cm³/mol. The maximum Gasteiger partial charge on any atom is 0.0926 e. The Morgan fingerprint density at radius 3 is 2.06 bits per heavy atom. The van der Waals surface area contributed by atoms with E-state index >= 15 is 0 Å². The molecule has 18 heavy (non-hydrogen) atoms. The predicted octanol–water partition coefficient (Wildman–Crippen LogP) is 4.22. The van der Waals surface area contributed by atoms with E-state index in [0.717, 1.165) is 16.9 Å². The van der Waals surface area contributed by atoms with Gasteiger partial charge in [-0.2, -0.15) is 0 Å². The smallest absolute Gasteiger partial charge is 0.0926 e. The van der Waals surface area contributed by atoms with Gasteiger partial charge >= 0.3 is 0 Å². The Hall–Kier alpha value is -1.44. The highest BCUT2D eigenvalue weighted by Crippen LogP contribution is 2.29. The molecule has 0 fully saturated rings. The molecule has 2 rings (SSSR count). The molecule has 0 unspecified atom stereocenters. The molecular weight excluding hydrogens is 220 g/mol. The molecule has 0 amide bonds. The van der Waals surface area contributed by atoms with Crippen LogP contribution >= 0.6 is 0 Å². The van der Waals surface area contributed by atoms with Crippen LogP contribution in [-0.4, -0.2) is 9.97 Å². The second-order valence-corrected chi connectivity index (χ2v) is 6.93. The fourth-order valence-corrected chi connectivity index (χ4v) is 2.01. The van der Waals surface area contributed by atoms with E-state index in [0.29, 0.717) is 0 Å². The van der Waals surface area contributed by atoms with Crippen LogP contribution < -0.4 is 0 Å². The van der Waals surface area contributed by atoms with Gasteiger partial charge in [0, 0.05) is 28.1 Å². The number of pyridine rings is 2. The summed E-state index contributed by atoms with van der Waals surface area (Å²) in [4.78, 5) is 9.39.